The number of benzene rings is 4. The molecule has 0 aliphatic heterocycles. The van der Waals surface area contributed by atoms with Gasteiger partial charge in [-0.05, 0) is 47.0 Å². The molecule has 4 aromatic carbocycles. The summed E-state index contributed by atoms with van der Waals surface area (Å²) in [4.78, 5) is 12.8. The smallest absolute Gasteiger partial charge is 0.258 e. The summed E-state index contributed by atoms with van der Waals surface area (Å²) in [5.41, 5.74) is 3.09. The van der Waals surface area contributed by atoms with E-state index in [0.717, 1.165) is 17.4 Å². The molecule has 0 radical (unpaired) electrons. The van der Waals surface area contributed by atoms with E-state index in [4.69, 9.17) is 16.3 Å². The van der Waals surface area contributed by atoms with Crippen LogP contribution in [-0.2, 0) is 21.4 Å². The number of hydrogen-bond donors (Lipinski definition) is 1. The Morgan fingerprint density at radius 1 is 0.838 bits per heavy atom. The lowest BCUT2D eigenvalue weighted by atomic mass is 9.99. The normalized spacial score (nSPS) is 11.2. The lowest BCUT2D eigenvalue weighted by molar-refractivity contribution is -0.123. The Morgan fingerprint density at radius 3 is 1.92 bits per heavy atom. The molecule has 1 N–H and O–H groups in total. The molecule has 0 fully saturated rings. The molecule has 37 heavy (non-hydrogen) atoms. The molecule has 0 atom stereocenters. The molecule has 0 aliphatic rings. The molecule has 0 aromatic heterocycles. The molecule has 190 valence electrons. The molecule has 0 saturated carbocycles. The van der Waals surface area contributed by atoms with Crippen molar-refractivity contribution < 1.29 is 17.9 Å². The fourth-order valence-corrected chi connectivity index (χ4v) is 4.97. The maximum Gasteiger partial charge on any atom is 0.258 e. The van der Waals surface area contributed by atoms with Crippen LogP contribution in [-0.4, -0.2) is 27.2 Å². The summed E-state index contributed by atoms with van der Waals surface area (Å²) in [7, 11) is -3.57. The van der Waals surface area contributed by atoms with Crippen LogP contribution in [0.25, 0.3) is 0 Å². The first-order valence-corrected chi connectivity index (χ1v) is 13.9. The number of nitrogens with zero attached hydrogens (tertiary/aromatic N) is 1. The van der Waals surface area contributed by atoms with E-state index in [0.29, 0.717) is 22.0 Å². The van der Waals surface area contributed by atoms with Gasteiger partial charge in [-0.25, -0.2) is 8.42 Å². The first kappa shape index (κ1) is 26.3. The second-order valence-electron chi connectivity index (χ2n) is 8.47. The minimum atomic E-state index is -3.57. The summed E-state index contributed by atoms with van der Waals surface area (Å²) in [5.74, 6) is 0.166. The number of halogens is 1. The van der Waals surface area contributed by atoms with Crippen molar-refractivity contribution in [1.82, 2.24) is 5.32 Å². The summed E-state index contributed by atoms with van der Waals surface area (Å²) < 4.78 is 31.9. The van der Waals surface area contributed by atoms with Gasteiger partial charge in [0.15, 0.2) is 6.61 Å². The van der Waals surface area contributed by atoms with Crippen molar-refractivity contribution in [2.45, 2.75) is 12.6 Å². The number of carbonyl (C=O) groups is 1. The molecule has 4 aromatic rings. The zero-order valence-electron chi connectivity index (χ0n) is 20.3. The third-order valence-electron chi connectivity index (χ3n) is 5.74. The third-order valence-corrected chi connectivity index (χ3v) is 7.25. The molecule has 4 rings (SSSR count). The number of carbonyl (C=O) groups excluding carboxylic acids is 1. The van der Waals surface area contributed by atoms with Gasteiger partial charge < -0.3 is 10.1 Å². The number of ether oxygens (including phenoxy) is 1. The van der Waals surface area contributed by atoms with E-state index >= 15 is 0 Å². The Bertz CT molecular complexity index is 1390. The Morgan fingerprint density at radius 2 is 1.38 bits per heavy atom. The predicted molar refractivity (Wildman–Crippen MR) is 147 cm³/mol. The van der Waals surface area contributed by atoms with Crippen LogP contribution in [0.5, 0.6) is 5.75 Å². The Hall–Kier alpha value is -3.81. The van der Waals surface area contributed by atoms with Crippen LogP contribution >= 0.6 is 11.6 Å². The summed E-state index contributed by atoms with van der Waals surface area (Å²) in [6.45, 7) is -0.0909. The molecule has 6 nitrogen and oxygen atoms in total. The standard InChI is InChI=1S/C29H27ClN2O4S/c1-37(34,35)32(20-24-14-8-9-15-27(24)30)25-16-18-26(19-17-25)36-21-28(33)31-29(22-10-4-2-5-11-22)23-12-6-3-7-13-23/h2-19,29H,20-21H2,1H3,(H,31,33). The lowest BCUT2D eigenvalue weighted by Gasteiger charge is -2.23. The number of rotatable bonds is 10. The van der Waals surface area contributed by atoms with Gasteiger partial charge in [-0.3, -0.25) is 9.10 Å². The van der Waals surface area contributed by atoms with Crippen LogP contribution < -0.4 is 14.4 Å². The van der Waals surface area contributed by atoms with Crippen LogP contribution in [0.3, 0.4) is 0 Å². The topological polar surface area (TPSA) is 75.7 Å². The first-order chi connectivity index (χ1) is 17.8. The van der Waals surface area contributed by atoms with Crippen molar-refractivity contribution in [3.8, 4) is 5.75 Å². The molecule has 0 saturated heterocycles. The van der Waals surface area contributed by atoms with Crippen LogP contribution in [0, 0.1) is 0 Å². The van der Waals surface area contributed by atoms with Crippen molar-refractivity contribution in [2.24, 2.45) is 0 Å². The molecule has 0 heterocycles. The lowest BCUT2D eigenvalue weighted by Crippen LogP contribution is -2.33. The minimum Gasteiger partial charge on any atom is -0.484 e. The van der Waals surface area contributed by atoms with E-state index in [9.17, 15) is 13.2 Å². The highest BCUT2D eigenvalue weighted by Crippen LogP contribution is 2.26. The number of hydrogen-bond acceptors (Lipinski definition) is 4. The van der Waals surface area contributed by atoms with Crippen molar-refractivity contribution in [1.29, 1.82) is 0 Å². The summed E-state index contributed by atoms with van der Waals surface area (Å²) in [5, 5.41) is 3.53. The van der Waals surface area contributed by atoms with Gasteiger partial charge in [0, 0.05) is 5.02 Å². The molecule has 1 amide bonds. The number of anilines is 1. The summed E-state index contributed by atoms with van der Waals surface area (Å²) in [6, 6.07) is 32.8. The fourth-order valence-electron chi connectivity index (χ4n) is 3.89. The van der Waals surface area contributed by atoms with Gasteiger partial charge in [0.25, 0.3) is 5.91 Å². The SMILES string of the molecule is CS(=O)(=O)N(Cc1ccccc1Cl)c1ccc(OCC(=O)NC(c2ccccc2)c2ccccc2)cc1. The molecule has 0 spiro atoms. The van der Waals surface area contributed by atoms with Crippen molar-refractivity contribution in [3.63, 3.8) is 0 Å². The fraction of sp³-hybridized carbons (Fsp3) is 0.138. The molecule has 8 heteroatoms. The van der Waals surface area contributed by atoms with Gasteiger partial charge in [-0.2, -0.15) is 0 Å². The highest BCUT2D eigenvalue weighted by molar-refractivity contribution is 7.92. The average Bonchev–Trinajstić information content (AvgIpc) is 2.91. The molecule has 0 unspecified atom stereocenters. The minimum absolute atomic E-state index is 0.0987. The predicted octanol–water partition coefficient (Wildman–Crippen LogP) is 5.59. The van der Waals surface area contributed by atoms with Crippen LogP contribution in [0.4, 0.5) is 5.69 Å². The van der Waals surface area contributed by atoms with Gasteiger partial charge >= 0.3 is 0 Å². The Kier molecular flexibility index (Phi) is 8.48. The highest BCUT2D eigenvalue weighted by atomic mass is 35.5. The highest BCUT2D eigenvalue weighted by Gasteiger charge is 2.20. The van der Waals surface area contributed by atoms with Crippen molar-refractivity contribution in [2.75, 3.05) is 17.2 Å². The van der Waals surface area contributed by atoms with Gasteiger partial charge in [0.05, 0.1) is 24.5 Å². The third kappa shape index (κ3) is 7.12. The average molecular weight is 535 g/mol. The summed E-state index contributed by atoms with van der Waals surface area (Å²) >= 11 is 6.24. The molecule has 0 aliphatic carbocycles. The number of sulfonamides is 1. The monoisotopic (exact) mass is 534 g/mol. The van der Waals surface area contributed by atoms with E-state index in [-0.39, 0.29) is 25.1 Å². The van der Waals surface area contributed by atoms with E-state index < -0.39 is 10.0 Å². The zero-order chi connectivity index (χ0) is 26.3. The van der Waals surface area contributed by atoms with Crippen LogP contribution in [0.15, 0.2) is 109 Å². The van der Waals surface area contributed by atoms with Gasteiger partial charge in [-0.1, -0.05) is 90.5 Å². The van der Waals surface area contributed by atoms with Gasteiger partial charge in [-0.15, -0.1) is 0 Å². The Balaban J connectivity index is 1.43. The number of amides is 1. The molecular formula is C29H27ClN2O4S. The molecular weight excluding hydrogens is 508 g/mol. The van der Waals surface area contributed by atoms with E-state index in [1.165, 1.54) is 4.31 Å². The van der Waals surface area contributed by atoms with Crippen molar-refractivity contribution in [3.05, 3.63) is 131 Å². The van der Waals surface area contributed by atoms with Crippen LogP contribution in [0.2, 0.25) is 5.02 Å². The quantitative estimate of drug-likeness (QED) is 0.288. The summed E-state index contributed by atoms with van der Waals surface area (Å²) in [6.07, 6.45) is 1.15. The molecule has 0 bridgehead atoms. The van der Waals surface area contributed by atoms with Gasteiger partial charge in [0.1, 0.15) is 5.75 Å². The second kappa shape index (κ2) is 12.0. The van der Waals surface area contributed by atoms with Crippen LogP contribution in [0.1, 0.15) is 22.7 Å². The zero-order valence-corrected chi connectivity index (χ0v) is 21.8. The van der Waals surface area contributed by atoms with Gasteiger partial charge in [0.2, 0.25) is 10.0 Å². The maximum absolute atomic E-state index is 12.8. The van der Waals surface area contributed by atoms with E-state index in [1.54, 1.807) is 42.5 Å². The van der Waals surface area contributed by atoms with E-state index in [1.807, 2.05) is 66.7 Å². The maximum atomic E-state index is 12.8. The van der Waals surface area contributed by atoms with E-state index in [2.05, 4.69) is 5.32 Å². The van der Waals surface area contributed by atoms with Crippen molar-refractivity contribution >= 4 is 33.2 Å². The second-order valence-corrected chi connectivity index (χ2v) is 10.8. The Labute approximate surface area is 222 Å². The first-order valence-electron chi connectivity index (χ1n) is 11.6. The number of nitrogens with one attached hydrogen (secondary N) is 1. The largest absolute Gasteiger partial charge is 0.484 e.